The van der Waals surface area contributed by atoms with Crippen molar-refractivity contribution in [3.8, 4) is 0 Å². The van der Waals surface area contributed by atoms with E-state index in [1.807, 2.05) is 6.08 Å². The van der Waals surface area contributed by atoms with Gasteiger partial charge in [0, 0.05) is 12.8 Å². The van der Waals surface area contributed by atoms with Gasteiger partial charge in [0.25, 0.3) is 0 Å². The third-order valence-electron chi connectivity index (χ3n) is 14.1. The number of rotatable bonds is 57. The molecule has 1 amide bonds. The molecule has 410 valence electrons. The van der Waals surface area contributed by atoms with Crippen molar-refractivity contribution in [2.24, 2.45) is 0 Å². The van der Waals surface area contributed by atoms with Crippen LogP contribution in [0.1, 0.15) is 322 Å². The van der Waals surface area contributed by atoms with Gasteiger partial charge in [0.05, 0.1) is 25.4 Å². The van der Waals surface area contributed by atoms with E-state index in [4.69, 9.17) is 4.74 Å². The van der Waals surface area contributed by atoms with Crippen LogP contribution in [-0.4, -0.2) is 47.4 Å². The maximum absolute atomic E-state index is 12.5. The molecule has 0 aromatic rings. The summed E-state index contributed by atoms with van der Waals surface area (Å²) in [6.45, 7) is 4.86. The highest BCUT2D eigenvalue weighted by Gasteiger charge is 2.18. The van der Waals surface area contributed by atoms with Gasteiger partial charge in [0.15, 0.2) is 0 Å². The van der Waals surface area contributed by atoms with Gasteiger partial charge in [-0.2, -0.15) is 0 Å². The SMILES string of the molecule is CCCCCCCC/C=C\CCCCCCCCCCCC(=O)OCCCCC/C=C\C=C/CCCCCCCCC(=O)NC(CO)C(O)/C=C/CCCCCCCCCCCCCCCCCCC. The van der Waals surface area contributed by atoms with Crippen molar-refractivity contribution < 1.29 is 24.5 Å². The first-order valence-electron chi connectivity index (χ1n) is 30.9. The molecule has 2 atom stereocenters. The smallest absolute Gasteiger partial charge is 0.305 e. The molecule has 0 spiro atoms. The van der Waals surface area contributed by atoms with Crippen LogP contribution in [0.25, 0.3) is 0 Å². The van der Waals surface area contributed by atoms with E-state index in [2.05, 4.69) is 55.6 Å². The molecule has 6 nitrogen and oxygen atoms in total. The monoisotopic (exact) mass is 982 g/mol. The Morgan fingerprint density at radius 2 is 0.714 bits per heavy atom. The van der Waals surface area contributed by atoms with E-state index in [1.165, 1.54) is 218 Å². The number of carbonyl (C=O) groups is 2. The Kier molecular flexibility index (Phi) is 57.5. The summed E-state index contributed by atoms with van der Waals surface area (Å²) in [5.41, 5.74) is 0. The number of unbranched alkanes of at least 4 members (excludes halogenated alkanes) is 41. The highest BCUT2D eigenvalue weighted by molar-refractivity contribution is 5.76. The lowest BCUT2D eigenvalue weighted by Gasteiger charge is -2.20. The number of nitrogens with one attached hydrogen (secondary N) is 1. The third kappa shape index (κ3) is 55.1. The molecule has 0 fully saturated rings. The van der Waals surface area contributed by atoms with Gasteiger partial charge < -0.3 is 20.3 Å². The highest BCUT2D eigenvalue weighted by Crippen LogP contribution is 2.17. The van der Waals surface area contributed by atoms with Crippen LogP contribution in [0.15, 0.2) is 48.6 Å². The van der Waals surface area contributed by atoms with Gasteiger partial charge in [-0.3, -0.25) is 9.59 Å². The first-order chi connectivity index (χ1) is 34.5. The molecule has 0 saturated carbocycles. The molecule has 0 bridgehead atoms. The number of hydrogen-bond donors (Lipinski definition) is 3. The molecule has 0 aromatic heterocycles. The summed E-state index contributed by atoms with van der Waals surface area (Å²) >= 11 is 0. The predicted octanol–water partition coefficient (Wildman–Crippen LogP) is 19.4. The van der Waals surface area contributed by atoms with Gasteiger partial charge in [-0.1, -0.05) is 268 Å². The van der Waals surface area contributed by atoms with Crippen LogP contribution < -0.4 is 5.32 Å². The van der Waals surface area contributed by atoms with Crippen molar-refractivity contribution in [3.05, 3.63) is 48.6 Å². The zero-order chi connectivity index (χ0) is 50.7. The van der Waals surface area contributed by atoms with Crippen LogP contribution in [0.3, 0.4) is 0 Å². The van der Waals surface area contributed by atoms with E-state index < -0.39 is 12.1 Å². The molecule has 0 aliphatic carbocycles. The average Bonchev–Trinajstić information content (AvgIpc) is 3.36. The van der Waals surface area contributed by atoms with Crippen molar-refractivity contribution in [2.75, 3.05) is 13.2 Å². The summed E-state index contributed by atoms with van der Waals surface area (Å²) in [6.07, 6.45) is 75.7. The van der Waals surface area contributed by atoms with E-state index in [9.17, 15) is 19.8 Å². The largest absolute Gasteiger partial charge is 0.466 e. The van der Waals surface area contributed by atoms with E-state index in [0.717, 1.165) is 77.0 Å². The molecular weight excluding hydrogens is 863 g/mol. The lowest BCUT2D eigenvalue weighted by Crippen LogP contribution is -2.45. The van der Waals surface area contributed by atoms with Crippen molar-refractivity contribution in [3.63, 3.8) is 0 Å². The van der Waals surface area contributed by atoms with Crippen LogP contribution in [0.4, 0.5) is 0 Å². The molecule has 0 saturated heterocycles. The molecule has 0 aliphatic heterocycles. The van der Waals surface area contributed by atoms with Crippen LogP contribution in [0, 0.1) is 0 Å². The second kappa shape index (κ2) is 59.4. The Hall–Kier alpha value is -2.18. The number of esters is 1. The summed E-state index contributed by atoms with van der Waals surface area (Å²) in [4.78, 5) is 24.6. The zero-order valence-electron chi connectivity index (χ0n) is 46.7. The van der Waals surface area contributed by atoms with Crippen LogP contribution >= 0.6 is 0 Å². The Labute approximate surface area is 436 Å². The number of hydrogen-bond acceptors (Lipinski definition) is 5. The maximum atomic E-state index is 12.5. The summed E-state index contributed by atoms with van der Waals surface area (Å²) in [5, 5.41) is 23.2. The summed E-state index contributed by atoms with van der Waals surface area (Å²) in [6, 6.07) is -0.646. The van der Waals surface area contributed by atoms with Gasteiger partial charge in [-0.05, 0) is 89.9 Å². The van der Waals surface area contributed by atoms with Crippen molar-refractivity contribution in [1.29, 1.82) is 0 Å². The average molecular weight is 983 g/mol. The quantitative estimate of drug-likeness (QED) is 0.0244. The standard InChI is InChI=1S/C64H119NO5/c1-3-5-7-9-11-13-15-17-19-21-23-25-28-32-36-40-44-48-52-56-62(67)61(60-66)65-63(68)57-53-49-45-41-37-33-29-27-31-35-39-43-47-51-55-59-70-64(69)58-54-50-46-42-38-34-30-26-24-22-20-18-16-14-12-10-8-6-4-2/h18,20,27,31,35,39,52,56,61-62,66-67H,3-17,19,21-26,28-30,32-34,36-38,40-51,53-55,57-60H2,1-2H3,(H,65,68)/b20-18-,31-27-,39-35-,56-52+. The van der Waals surface area contributed by atoms with Crippen LogP contribution in [0.5, 0.6) is 0 Å². The Morgan fingerprint density at radius 3 is 1.10 bits per heavy atom. The van der Waals surface area contributed by atoms with Crippen molar-refractivity contribution >= 4 is 11.9 Å². The van der Waals surface area contributed by atoms with E-state index in [-0.39, 0.29) is 18.5 Å². The molecular formula is C64H119NO5. The van der Waals surface area contributed by atoms with Crippen LogP contribution in [0.2, 0.25) is 0 Å². The molecule has 0 aromatic carbocycles. The molecule has 0 aliphatic rings. The molecule has 0 rings (SSSR count). The first-order valence-corrected chi connectivity index (χ1v) is 30.9. The summed E-state index contributed by atoms with van der Waals surface area (Å²) < 4.78 is 5.46. The number of allylic oxidation sites excluding steroid dienone is 7. The van der Waals surface area contributed by atoms with Crippen molar-refractivity contribution in [2.45, 2.75) is 334 Å². The van der Waals surface area contributed by atoms with Gasteiger partial charge >= 0.3 is 5.97 Å². The van der Waals surface area contributed by atoms with Crippen LogP contribution in [-0.2, 0) is 14.3 Å². The molecule has 0 radical (unpaired) electrons. The Morgan fingerprint density at radius 1 is 0.400 bits per heavy atom. The van der Waals surface area contributed by atoms with E-state index in [0.29, 0.717) is 19.4 Å². The number of carbonyl (C=O) groups excluding carboxylic acids is 2. The van der Waals surface area contributed by atoms with Gasteiger partial charge in [-0.25, -0.2) is 0 Å². The summed E-state index contributed by atoms with van der Waals surface area (Å²) in [5.74, 6) is -0.112. The predicted molar refractivity (Wildman–Crippen MR) is 306 cm³/mol. The fourth-order valence-electron chi connectivity index (χ4n) is 9.33. The third-order valence-corrected chi connectivity index (χ3v) is 14.1. The van der Waals surface area contributed by atoms with Crippen molar-refractivity contribution in [1.82, 2.24) is 5.32 Å². The molecule has 2 unspecified atom stereocenters. The molecule has 3 N–H and O–H groups in total. The number of aliphatic hydroxyl groups excluding tert-OH is 2. The molecule has 0 heterocycles. The molecule has 70 heavy (non-hydrogen) atoms. The topological polar surface area (TPSA) is 95.9 Å². The zero-order valence-corrected chi connectivity index (χ0v) is 46.7. The minimum atomic E-state index is -0.860. The fraction of sp³-hybridized carbons (Fsp3) is 0.844. The van der Waals surface area contributed by atoms with E-state index in [1.54, 1.807) is 6.08 Å². The second-order valence-corrected chi connectivity index (χ2v) is 21.1. The first kappa shape index (κ1) is 67.8. The van der Waals surface area contributed by atoms with E-state index >= 15 is 0 Å². The minimum absolute atomic E-state index is 0.0233. The summed E-state index contributed by atoms with van der Waals surface area (Å²) in [7, 11) is 0. The highest BCUT2D eigenvalue weighted by atomic mass is 16.5. The number of amides is 1. The number of ether oxygens (including phenoxy) is 1. The molecule has 6 heteroatoms. The van der Waals surface area contributed by atoms with Gasteiger partial charge in [-0.15, -0.1) is 0 Å². The Bertz CT molecular complexity index is 1180. The second-order valence-electron chi connectivity index (χ2n) is 21.1. The number of aliphatic hydroxyl groups is 2. The maximum Gasteiger partial charge on any atom is 0.305 e. The lowest BCUT2D eigenvalue weighted by molar-refractivity contribution is -0.143. The van der Waals surface area contributed by atoms with Gasteiger partial charge in [0.1, 0.15) is 0 Å². The lowest BCUT2D eigenvalue weighted by atomic mass is 10.0. The fourth-order valence-corrected chi connectivity index (χ4v) is 9.33. The Balaban J connectivity index is 3.53. The normalized spacial score (nSPS) is 12.9. The minimum Gasteiger partial charge on any atom is -0.466 e. The van der Waals surface area contributed by atoms with Gasteiger partial charge in [0.2, 0.25) is 5.91 Å².